The SMILES string of the molecule is C=C(C)C(O)CCC1(C)C=CCCC1. The summed E-state index contributed by atoms with van der Waals surface area (Å²) in [6.07, 6.45) is 9.95. The monoisotopic (exact) mass is 194 g/mol. The summed E-state index contributed by atoms with van der Waals surface area (Å²) in [4.78, 5) is 0. The van der Waals surface area contributed by atoms with Crippen LogP contribution in [0.4, 0.5) is 0 Å². The van der Waals surface area contributed by atoms with Crippen LogP contribution < -0.4 is 0 Å². The molecule has 14 heavy (non-hydrogen) atoms. The van der Waals surface area contributed by atoms with Gasteiger partial charge in [0, 0.05) is 0 Å². The molecule has 2 atom stereocenters. The number of rotatable bonds is 4. The van der Waals surface area contributed by atoms with Gasteiger partial charge in [-0.15, -0.1) is 0 Å². The van der Waals surface area contributed by atoms with Crippen LogP contribution in [-0.2, 0) is 0 Å². The maximum Gasteiger partial charge on any atom is 0.0745 e. The molecule has 0 spiro atoms. The Labute approximate surface area is 87.5 Å². The summed E-state index contributed by atoms with van der Waals surface area (Å²) in [6, 6.07) is 0. The van der Waals surface area contributed by atoms with E-state index in [1.165, 1.54) is 19.3 Å². The minimum absolute atomic E-state index is 0.314. The molecule has 0 aromatic carbocycles. The highest BCUT2D eigenvalue weighted by molar-refractivity contribution is 5.03. The standard InChI is InChI=1S/C13H22O/c1-11(2)12(14)7-10-13(3)8-5-4-6-9-13/h5,8,12,14H,1,4,6-7,9-10H2,2-3H3. The maximum atomic E-state index is 9.65. The van der Waals surface area contributed by atoms with Gasteiger partial charge in [-0.2, -0.15) is 0 Å². The molecule has 1 rings (SSSR count). The van der Waals surface area contributed by atoms with Crippen molar-refractivity contribution in [1.82, 2.24) is 0 Å². The van der Waals surface area contributed by atoms with Crippen molar-refractivity contribution in [3.63, 3.8) is 0 Å². The zero-order valence-corrected chi connectivity index (χ0v) is 9.42. The van der Waals surface area contributed by atoms with Gasteiger partial charge in [-0.3, -0.25) is 0 Å². The maximum absolute atomic E-state index is 9.65. The Morgan fingerprint density at radius 3 is 2.86 bits per heavy atom. The van der Waals surface area contributed by atoms with Crippen molar-refractivity contribution in [2.24, 2.45) is 5.41 Å². The first-order valence-corrected chi connectivity index (χ1v) is 5.55. The normalized spacial score (nSPS) is 28.8. The van der Waals surface area contributed by atoms with Gasteiger partial charge in [0.2, 0.25) is 0 Å². The third-order valence-electron chi connectivity index (χ3n) is 3.20. The Balaban J connectivity index is 2.39. The van der Waals surface area contributed by atoms with Gasteiger partial charge in [-0.1, -0.05) is 31.2 Å². The average Bonchev–Trinajstić information content (AvgIpc) is 2.15. The quantitative estimate of drug-likeness (QED) is 0.680. The van der Waals surface area contributed by atoms with Gasteiger partial charge in [0.05, 0.1) is 6.10 Å². The van der Waals surface area contributed by atoms with Crippen LogP contribution in [0.15, 0.2) is 24.3 Å². The van der Waals surface area contributed by atoms with Crippen molar-refractivity contribution in [2.45, 2.75) is 52.1 Å². The van der Waals surface area contributed by atoms with E-state index < -0.39 is 0 Å². The zero-order chi connectivity index (χ0) is 10.6. The predicted octanol–water partition coefficient (Wildman–Crippen LogP) is 3.45. The molecule has 0 amide bonds. The molecular formula is C13H22O. The van der Waals surface area contributed by atoms with Gasteiger partial charge in [-0.05, 0) is 44.4 Å². The number of hydrogen-bond acceptors (Lipinski definition) is 1. The Morgan fingerprint density at radius 1 is 1.64 bits per heavy atom. The molecule has 0 saturated carbocycles. The highest BCUT2D eigenvalue weighted by atomic mass is 16.3. The molecule has 1 nitrogen and oxygen atoms in total. The van der Waals surface area contributed by atoms with E-state index >= 15 is 0 Å². The summed E-state index contributed by atoms with van der Waals surface area (Å²) >= 11 is 0. The second kappa shape index (κ2) is 4.79. The van der Waals surface area contributed by atoms with E-state index in [-0.39, 0.29) is 6.10 Å². The molecule has 80 valence electrons. The van der Waals surface area contributed by atoms with Crippen molar-refractivity contribution >= 4 is 0 Å². The smallest absolute Gasteiger partial charge is 0.0745 e. The van der Waals surface area contributed by atoms with Gasteiger partial charge < -0.3 is 5.11 Å². The fourth-order valence-corrected chi connectivity index (χ4v) is 2.00. The average molecular weight is 194 g/mol. The van der Waals surface area contributed by atoms with Gasteiger partial charge in [0.1, 0.15) is 0 Å². The van der Waals surface area contributed by atoms with Gasteiger partial charge in [-0.25, -0.2) is 0 Å². The molecule has 0 aromatic rings. The molecule has 0 fully saturated rings. The summed E-state index contributed by atoms with van der Waals surface area (Å²) in [5, 5.41) is 9.65. The third kappa shape index (κ3) is 3.30. The van der Waals surface area contributed by atoms with Crippen LogP contribution in [0.2, 0.25) is 0 Å². The van der Waals surface area contributed by atoms with E-state index in [2.05, 4.69) is 25.7 Å². The topological polar surface area (TPSA) is 20.2 Å². The van der Waals surface area contributed by atoms with Crippen molar-refractivity contribution in [2.75, 3.05) is 0 Å². The third-order valence-corrected chi connectivity index (χ3v) is 3.20. The van der Waals surface area contributed by atoms with Crippen LogP contribution in [0.5, 0.6) is 0 Å². The van der Waals surface area contributed by atoms with Crippen molar-refractivity contribution in [1.29, 1.82) is 0 Å². The van der Waals surface area contributed by atoms with Crippen LogP contribution >= 0.6 is 0 Å². The number of allylic oxidation sites excluding steroid dienone is 2. The molecule has 1 aliphatic rings. The molecule has 2 unspecified atom stereocenters. The Bertz CT molecular complexity index is 229. The lowest BCUT2D eigenvalue weighted by atomic mass is 9.76. The van der Waals surface area contributed by atoms with E-state index in [0.717, 1.165) is 18.4 Å². The van der Waals surface area contributed by atoms with Crippen LogP contribution in [0, 0.1) is 5.41 Å². The second-order valence-electron chi connectivity index (χ2n) is 4.85. The highest BCUT2D eigenvalue weighted by Gasteiger charge is 2.23. The van der Waals surface area contributed by atoms with Crippen LogP contribution in [0.25, 0.3) is 0 Å². The van der Waals surface area contributed by atoms with Crippen LogP contribution in [0.3, 0.4) is 0 Å². The van der Waals surface area contributed by atoms with Gasteiger partial charge in [0.25, 0.3) is 0 Å². The van der Waals surface area contributed by atoms with Crippen LogP contribution in [0.1, 0.15) is 46.0 Å². The minimum Gasteiger partial charge on any atom is -0.389 e. The van der Waals surface area contributed by atoms with Crippen molar-refractivity contribution in [3.05, 3.63) is 24.3 Å². The predicted molar refractivity (Wildman–Crippen MR) is 61.2 cm³/mol. The molecular weight excluding hydrogens is 172 g/mol. The van der Waals surface area contributed by atoms with Crippen molar-refractivity contribution in [3.8, 4) is 0 Å². The lowest BCUT2D eigenvalue weighted by Crippen LogP contribution is -2.19. The lowest BCUT2D eigenvalue weighted by Gasteiger charge is -2.29. The van der Waals surface area contributed by atoms with Crippen molar-refractivity contribution < 1.29 is 5.11 Å². The van der Waals surface area contributed by atoms with E-state index in [0.29, 0.717) is 5.41 Å². The summed E-state index contributed by atoms with van der Waals surface area (Å²) in [5.74, 6) is 0. The summed E-state index contributed by atoms with van der Waals surface area (Å²) in [6.45, 7) is 7.95. The summed E-state index contributed by atoms with van der Waals surface area (Å²) in [7, 11) is 0. The Hall–Kier alpha value is -0.560. The molecule has 1 N–H and O–H groups in total. The molecule has 0 saturated heterocycles. The first-order chi connectivity index (χ1) is 6.53. The van der Waals surface area contributed by atoms with Gasteiger partial charge in [0.15, 0.2) is 0 Å². The van der Waals surface area contributed by atoms with E-state index in [4.69, 9.17) is 0 Å². The fourth-order valence-electron chi connectivity index (χ4n) is 2.00. The Kier molecular flexibility index (Phi) is 3.94. The molecule has 0 aromatic heterocycles. The first kappa shape index (κ1) is 11.5. The summed E-state index contributed by atoms with van der Waals surface area (Å²) < 4.78 is 0. The highest BCUT2D eigenvalue weighted by Crippen LogP contribution is 2.35. The molecule has 0 bridgehead atoms. The lowest BCUT2D eigenvalue weighted by molar-refractivity contribution is 0.175. The van der Waals surface area contributed by atoms with E-state index in [1.807, 2.05) is 6.92 Å². The Morgan fingerprint density at radius 2 is 2.36 bits per heavy atom. The minimum atomic E-state index is -0.317. The largest absolute Gasteiger partial charge is 0.389 e. The van der Waals surface area contributed by atoms with Crippen LogP contribution in [-0.4, -0.2) is 11.2 Å². The number of aliphatic hydroxyl groups is 1. The number of aliphatic hydroxyl groups excluding tert-OH is 1. The second-order valence-corrected chi connectivity index (χ2v) is 4.85. The van der Waals surface area contributed by atoms with E-state index in [1.54, 1.807) is 0 Å². The molecule has 1 heteroatoms. The van der Waals surface area contributed by atoms with E-state index in [9.17, 15) is 5.11 Å². The molecule has 1 aliphatic carbocycles. The molecule has 0 heterocycles. The molecule has 0 radical (unpaired) electrons. The molecule has 0 aliphatic heterocycles. The zero-order valence-electron chi connectivity index (χ0n) is 9.42. The number of hydrogen-bond donors (Lipinski definition) is 1. The first-order valence-electron chi connectivity index (χ1n) is 5.55. The summed E-state index contributed by atoms with van der Waals surface area (Å²) in [5.41, 5.74) is 1.20. The van der Waals surface area contributed by atoms with Gasteiger partial charge >= 0.3 is 0 Å². The fraction of sp³-hybridized carbons (Fsp3) is 0.692.